The highest BCUT2D eigenvalue weighted by Gasteiger charge is 2.43. The maximum Gasteiger partial charge on any atom is 0.416 e. The number of alkyl halides is 3. The Kier molecular flexibility index (Phi) is 6.79. The Morgan fingerprint density at radius 2 is 1.43 bits per heavy atom. The molecule has 0 saturated carbocycles. The number of ether oxygens (including phenoxy) is 1. The second kappa shape index (κ2) is 9.17. The molecule has 8 heteroatoms. The number of carbonyl (C=O) groups is 3. The highest BCUT2D eigenvalue weighted by atomic mass is 19.4. The molecule has 0 saturated heterocycles. The fourth-order valence-electron chi connectivity index (χ4n) is 4.00. The Bertz CT molecular complexity index is 1220. The van der Waals surface area contributed by atoms with Crippen LogP contribution in [0.15, 0.2) is 71.8 Å². The molecule has 0 unspecified atom stereocenters. The van der Waals surface area contributed by atoms with E-state index in [4.69, 9.17) is 4.74 Å². The molecule has 0 fully saturated rings. The van der Waals surface area contributed by atoms with E-state index >= 15 is 0 Å². The molecule has 0 N–H and O–H groups in total. The lowest BCUT2D eigenvalue weighted by molar-refractivity contribution is -0.138. The summed E-state index contributed by atoms with van der Waals surface area (Å²) < 4.78 is 44.0. The van der Waals surface area contributed by atoms with E-state index in [9.17, 15) is 27.6 Å². The predicted octanol–water partition coefficient (Wildman–Crippen LogP) is 5.71. The van der Waals surface area contributed by atoms with Crippen molar-refractivity contribution in [1.29, 1.82) is 0 Å². The number of halogens is 3. The summed E-state index contributed by atoms with van der Waals surface area (Å²) >= 11 is 0. The number of imide groups is 1. The van der Waals surface area contributed by atoms with Crippen molar-refractivity contribution < 1.29 is 32.3 Å². The molecule has 0 spiro atoms. The largest absolute Gasteiger partial charge is 0.466 e. The van der Waals surface area contributed by atoms with Gasteiger partial charge in [-0.05, 0) is 47.7 Å². The summed E-state index contributed by atoms with van der Waals surface area (Å²) in [5.41, 5.74) is 0.396. The monoisotopic (exact) mass is 485 g/mol. The SMILES string of the molecule is C=C(C(=O)OC)[C@H](C1=C(C)C(=O)N(c2ccc(C(C)(C)C)cc2)C1=O)c1ccc(C(F)(F)F)cc1. The number of esters is 1. The number of nitrogens with zero attached hydrogens (tertiary/aromatic N) is 1. The van der Waals surface area contributed by atoms with Gasteiger partial charge in [0, 0.05) is 22.6 Å². The van der Waals surface area contributed by atoms with Gasteiger partial charge in [-0.25, -0.2) is 9.69 Å². The number of amides is 2. The van der Waals surface area contributed by atoms with Crippen LogP contribution in [0.3, 0.4) is 0 Å². The van der Waals surface area contributed by atoms with Gasteiger partial charge < -0.3 is 4.74 Å². The Labute approximate surface area is 201 Å². The molecule has 1 atom stereocenters. The molecule has 2 aromatic rings. The molecule has 5 nitrogen and oxygen atoms in total. The third-order valence-corrected chi connectivity index (χ3v) is 6.01. The van der Waals surface area contributed by atoms with Crippen molar-refractivity contribution in [3.63, 3.8) is 0 Å². The molecule has 1 aliphatic rings. The van der Waals surface area contributed by atoms with Crippen molar-refractivity contribution in [2.45, 2.75) is 45.2 Å². The Morgan fingerprint density at radius 1 is 0.914 bits per heavy atom. The van der Waals surface area contributed by atoms with Gasteiger partial charge in [-0.3, -0.25) is 9.59 Å². The zero-order valence-electron chi connectivity index (χ0n) is 20.1. The molecule has 0 aromatic heterocycles. The van der Waals surface area contributed by atoms with E-state index < -0.39 is 35.4 Å². The van der Waals surface area contributed by atoms with E-state index in [2.05, 4.69) is 6.58 Å². The number of hydrogen-bond donors (Lipinski definition) is 0. The van der Waals surface area contributed by atoms with Crippen LogP contribution in [0.25, 0.3) is 0 Å². The summed E-state index contributed by atoms with van der Waals surface area (Å²) in [6.07, 6.45) is -4.56. The van der Waals surface area contributed by atoms with Crippen molar-refractivity contribution in [3.05, 3.63) is 88.5 Å². The van der Waals surface area contributed by atoms with Gasteiger partial charge in [0.2, 0.25) is 0 Å². The van der Waals surface area contributed by atoms with Gasteiger partial charge in [-0.2, -0.15) is 13.2 Å². The molecular weight excluding hydrogens is 459 g/mol. The molecular formula is C27H26F3NO4. The minimum Gasteiger partial charge on any atom is -0.466 e. The van der Waals surface area contributed by atoms with Crippen molar-refractivity contribution in [2.75, 3.05) is 12.0 Å². The topological polar surface area (TPSA) is 63.7 Å². The summed E-state index contributed by atoms with van der Waals surface area (Å²) in [5.74, 6) is -3.27. The van der Waals surface area contributed by atoms with E-state index in [1.807, 2.05) is 32.9 Å². The normalized spacial score (nSPS) is 15.5. The van der Waals surface area contributed by atoms with Crippen molar-refractivity contribution in [2.24, 2.45) is 0 Å². The van der Waals surface area contributed by atoms with Gasteiger partial charge in [0.05, 0.1) is 18.4 Å². The lowest BCUT2D eigenvalue weighted by Crippen LogP contribution is -2.32. The van der Waals surface area contributed by atoms with Gasteiger partial charge >= 0.3 is 12.1 Å². The smallest absolute Gasteiger partial charge is 0.416 e. The van der Waals surface area contributed by atoms with E-state index in [1.54, 1.807) is 12.1 Å². The molecule has 0 radical (unpaired) electrons. The zero-order chi connectivity index (χ0) is 26.3. The van der Waals surface area contributed by atoms with Crippen LogP contribution in [-0.2, 0) is 30.7 Å². The van der Waals surface area contributed by atoms with E-state index in [0.29, 0.717) is 5.69 Å². The molecule has 35 heavy (non-hydrogen) atoms. The number of rotatable bonds is 5. The quantitative estimate of drug-likeness (QED) is 0.309. The summed E-state index contributed by atoms with van der Waals surface area (Å²) in [5, 5.41) is 0. The molecule has 1 aliphatic heterocycles. The molecule has 0 aliphatic carbocycles. The van der Waals surface area contributed by atoms with Crippen molar-refractivity contribution in [1.82, 2.24) is 0 Å². The number of hydrogen-bond acceptors (Lipinski definition) is 4. The van der Waals surface area contributed by atoms with Crippen LogP contribution in [0.5, 0.6) is 0 Å². The van der Waals surface area contributed by atoms with E-state index in [1.165, 1.54) is 19.1 Å². The lowest BCUT2D eigenvalue weighted by atomic mass is 9.83. The van der Waals surface area contributed by atoms with Crippen LogP contribution >= 0.6 is 0 Å². The number of anilines is 1. The first-order valence-electron chi connectivity index (χ1n) is 10.8. The summed E-state index contributed by atoms with van der Waals surface area (Å²) in [6.45, 7) is 11.3. The van der Waals surface area contributed by atoms with Gasteiger partial charge in [0.15, 0.2) is 0 Å². The van der Waals surface area contributed by atoms with Crippen LogP contribution in [0.4, 0.5) is 18.9 Å². The van der Waals surface area contributed by atoms with Crippen LogP contribution in [0, 0.1) is 0 Å². The average Bonchev–Trinajstić information content (AvgIpc) is 3.01. The van der Waals surface area contributed by atoms with Crippen LogP contribution in [0.2, 0.25) is 0 Å². The fourth-order valence-corrected chi connectivity index (χ4v) is 4.00. The first kappa shape index (κ1) is 25.9. The molecule has 2 amide bonds. The predicted molar refractivity (Wildman–Crippen MR) is 126 cm³/mol. The highest BCUT2D eigenvalue weighted by Crippen LogP contribution is 2.41. The minimum absolute atomic E-state index is 0.0370. The molecule has 1 heterocycles. The molecule has 2 aromatic carbocycles. The first-order valence-corrected chi connectivity index (χ1v) is 10.8. The molecule has 3 rings (SSSR count). The van der Waals surface area contributed by atoms with Crippen molar-refractivity contribution >= 4 is 23.5 Å². The van der Waals surface area contributed by atoms with Crippen LogP contribution in [-0.4, -0.2) is 24.9 Å². The zero-order valence-corrected chi connectivity index (χ0v) is 20.1. The summed E-state index contributed by atoms with van der Waals surface area (Å²) in [4.78, 5) is 40.0. The maximum atomic E-state index is 13.5. The summed E-state index contributed by atoms with van der Waals surface area (Å²) in [6, 6.07) is 11.0. The second-order valence-electron chi connectivity index (χ2n) is 9.35. The standard InChI is InChI=1S/C27H26F3NO4/c1-15-22(24(33)31(23(15)32)20-13-11-18(12-14-20)26(3,4)5)21(16(2)25(34)35-6)17-7-9-19(10-8-17)27(28,29)30/h7-14,21H,2H2,1,3-6H3/t21-/m0/s1. The summed E-state index contributed by atoms with van der Waals surface area (Å²) in [7, 11) is 1.13. The third-order valence-electron chi connectivity index (χ3n) is 6.01. The minimum atomic E-state index is -4.56. The Hall–Kier alpha value is -3.68. The van der Waals surface area contributed by atoms with Gasteiger partial charge in [0.25, 0.3) is 11.8 Å². The maximum absolute atomic E-state index is 13.5. The fraction of sp³-hybridized carbons (Fsp3) is 0.296. The Balaban J connectivity index is 2.08. The number of methoxy groups -OCH3 is 1. The average molecular weight is 486 g/mol. The first-order chi connectivity index (χ1) is 16.2. The second-order valence-corrected chi connectivity index (χ2v) is 9.35. The number of benzene rings is 2. The van der Waals surface area contributed by atoms with E-state index in [-0.39, 0.29) is 27.7 Å². The van der Waals surface area contributed by atoms with Gasteiger partial charge in [0.1, 0.15) is 0 Å². The van der Waals surface area contributed by atoms with Crippen molar-refractivity contribution in [3.8, 4) is 0 Å². The van der Waals surface area contributed by atoms with Crippen LogP contribution < -0.4 is 4.90 Å². The Morgan fingerprint density at radius 3 is 1.89 bits per heavy atom. The van der Waals surface area contributed by atoms with E-state index in [0.717, 1.165) is 29.7 Å². The highest BCUT2D eigenvalue weighted by molar-refractivity contribution is 6.33. The van der Waals surface area contributed by atoms with Gasteiger partial charge in [-0.1, -0.05) is 51.6 Å². The lowest BCUT2D eigenvalue weighted by Gasteiger charge is -2.23. The molecule has 184 valence electrons. The van der Waals surface area contributed by atoms with Crippen LogP contribution in [0.1, 0.15) is 50.3 Å². The van der Waals surface area contributed by atoms with Gasteiger partial charge in [-0.15, -0.1) is 0 Å². The number of carbonyl (C=O) groups excluding carboxylic acids is 3. The third kappa shape index (κ3) is 4.92. The molecule has 0 bridgehead atoms.